The Morgan fingerprint density at radius 3 is 3.00 bits per heavy atom. The number of hydrogen-bond donors (Lipinski definition) is 1. The van der Waals surface area contributed by atoms with Crippen molar-refractivity contribution in [1.29, 1.82) is 5.26 Å². The fourth-order valence-corrected chi connectivity index (χ4v) is 1.46. The van der Waals surface area contributed by atoms with Crippen LogP contribution in [0.25, 0.3) is 10.9 Å². The Hall–Kier alpha value is -2.28. The first-order valence-corrected chi connectivity index (χ1v) is 4.36. The molecule has 15 heavy (non-hydrogen) atoms. The van der Waals surface area contributed by atoms with Crippen LogP contribution in [0, 0.1) is 11.3 Å². The van der Waals surface area contributed by atoms with Gasteiger partial charge in [-0.05, 0) is 12.1 Å². The van der Waals surface area contributed by atoms with E-state index in [0.717, 1.165) is 10.9 Å². The van der Waals surface area contributed by atoms with E-state index in [1.54, 1.807) is 24.4 Å². The average molecular weight is 200 g/mol. The number of nitriles is 1. The molecule has 0 spiro atoms. The van der Waals surface area contributed by atoms with Crippen molar-refractivity contribution >= 4 is 16.9 Å². The third-order valence-electron chi connectivity index (χ3n) is 2.22. The first-order chi connectivity index (χ1) is 7.26. The molecule has 0 aliphatic heterocycles. The number of methoxy groups -OCH3 is 1. The van der Waals surface area contributed by atoms with Gasteiger partial charge in [0.2, 0.25) is 0 Å². The highest BCUT2D eigenvalue weighted by atomic mass is 16.5. The van der Waals surface area contributed by atoms with E-state index < -0.39 is 0 Å². The third kappa shape index (κ3) is 1.44. The van der Waals surface area contributed by atoms with Crippen LogP contribution in [0.15, 0.2) is 24.4 Å². The largest absolute Gasteiger partial charge is 0.465 e. The van der Waals surface area contributed by atoms with Crippen LogP contribution in [0.1, 0.15) is 15.9 Å². The van der Waals surface area contributed by atoms with E-state index in [1.165, 1.54) is 7.11 Å². The number of H-pyrrole nitrogens is 1. The second kappa shape index (κ2) is 3.46. The van der Waals surface area contributed by atoms with Gasteiger partial charge in [0.25, 0.3) is 0 Å². The number of ether oxygens (including phenoxy) is 1. The van der Waals surface area contributed by atoms with E-state index in [1.807, 2.05) is 0 Å². The Morgan fingerprint density at radius 2 is 2.33 bits per heavy atom. The van der Waals surface area contributed by atoms with E-state index in [0.29, 0.717) is 11.1 Å². The summed E-state index contributed by atoms with van der Waals surface area (Å²) in [5, 5.41) is 9.60. The number of aromatic amines is 1. The van der Waals surface area contributed by atoms with Crippen molar-refractivity contribution in [3.8, 4) is 6.07 Å². The van der Waals surface area contributed by atoms with Gasteiger partial charge >= 0.3 is 5.97 Å². The van der Waals surface area contributed by atoms with Crippen LogP contribution in [0.2, 0.25) is 0 Å². The number of nitrogens with zero attached hydrogens (tertiary/aromatic N) is 1. The minimum absolute atomic E-state index is 0.384. The number of carbonyl (C=O) groups is 1. The molecule has 0 fully saturated rings. The lowest BCUT2D eigenvalue weighted by Gasteiger charge is -1.98. The molecular formula is C11H8N2O2. The summed E-state index contributed by atoms with van der Waals surface area (Å²) < 4.78 is 4.60. The van der Waals surface area contributed by atoms with Crippen LogP contribution < -0.4 is 0 Å². The molecule has 0 aliphatic rings. The number of benzene rings is 1. The molecule has 0 atom stereocenters. The number of nitrogens with one attached hydrogen (secondary N) is 1. The summed E-state index contributed by atoms with van der Waals surface area (Å²) in [6.45, 7) is 0. The number of esters is 1. The molecule has 1 aromatic heterocycles. The Balaban J connectivity index is 2.59. The number of hydrogen-bond acceptors (Lipinski definition) is 3. The molecule has 1 N–H and O–H groups in total. The highest BCUT2D eigenvalue weighted by Crippen LogP contribution is 2.19. The van der Waals surface area contributed by atoms with Gasteiger partial charge in [0.1, 0.15) is 6.07 Å². The lowest BCUT2D eigenvalue weighted by atomic mass is 10.1. The fourth-order valence-electron chi connectivity index (χ4n) is 1.46. The maximum Gasteiger partial charge on any atom is 0.337 e. The van der Waals surface area contributed by atoms with Gasteiger partial charge < -0.3 is 9.72 Å². The second-order valence-corrected chi connectivity index (χ2v) is 3.07. The molecule has 1 aromatic carbocycles. The third-order valence-corrected chi connectivity index (χ3v) is 2.22. The highest BCUT2D eigenvalue weighted by molar-refractivity contribution is 5.95. The quantitative estimate of drug-likeness (QED) is 0.714. The topological polar surface area (TPSA) is 65.9 Å². The molecule has 1 heterocycles. The number of carbonyl (C=O) groups excluding carboxylic acids is 1. The Bertz CT molecular complexity index is 563. The summed E-state index contributed by atoms with van der Waals surface area (Å²) in [4.78, 5) is 14.2. The van der Waals surface area contributed by atoms with Gasteiger partial charge in [-0.25, -0.2) is 4.79 Å². The van der Waals surface area contributed by atoms with Crippen LogP contribution in [-0.2, 0) is 4.74 Å². The van der Waals surface area contributed by atoms with Crippen LogP contribution >= 0.6 is 0 Å². The SMILES string of the molecule is COC(=O)c1ccc2c(C#N)c[nH]c2c1. The summed E-state index contributed by atoms with van der Waals surface area (Å²) in [6.07, 6.45) is 1.62. The first-order valence-electron chi connectivity index (χ1n) is 4.36. The molecule has 0 amide bonds. The molecule has 0 saturated heterocycles. The maximum atomic E-state index is 11.2. The smallest absolute Gasteiger partial charge is 0.337 e. The minimum atomic E-state index is -0.384. The molecule has 4 nitrogen and oxygen atoms in total. The van der Waals surface area contributed by atoms with Gasteiger partial charge in [-0.1, -0.05) is 6.07 Å². The summed E-state index contributed by atoms with van der Waals surface area (Å²) in [5.74, 6) is -0.384. The Kier molecular flexibility index (Phi) is 2.14. The Labute approximate surface area is 86.1 Å². The zero-order valence-electron chi connectivity index (χ0n) is 8.07. The van der Waals surface area contributed by atoms with Crippen molar-refractivity contribution in [2.75, 3.05) is 7.11 Å². The van der Waals surface area contributed by atoms with Crippen molar-refractivity contribution in [2.24, 2.45) is 0 Å². The lowest BCUT2D eigenvalue weighted by Crippen LogP contribution is -2.00. The van der Waals surface area contributed by atoms with Crippen molar-refractivity contribution in [1.82, 2.24) is 4.98 Å². The van der Waals surface area contributed by atoms with Gasteiger partial charge in [-0.2, -0.15) is 5.26 Å². The molecule has 2 rings (SSSR count). The van der Waals surface area contributed by atoms with Crippen LogP contribution in [-0.4, -0.2) is 18.1 Å². The van der Waals surface area contributed by atoms with Crippen molar-refractivity contribution in [3.63, 3.8) is 0 Å². The fraction of sp³-hybridized carbons (Fsp3) is 0.0909. The van der Waals surface area contributed by atoms with Gasteiger partial charge in [-0.15, -0.1) is 0 Å². The standard InChI is InChI=1S/C11H8N2O2/c1-15-11(14)7-2-3-9-8(5-12)6-13-10(9)4-7/h2-4,6,13H,1H3. The maximum absolute atomic E-state index is 11.2. The van der Waals surface area contributed by atoms with Crippen molar-refractivity contribution in [3.05, 3.63) is 35.5 Å². The Morgan fingerprint density at radius 1 is 1.53 bits per heavy atom. The van der Waals surface area contributed by atoms with Gasteiger partial charge in [0, 0.05) is 17.1 Å². The van der Waals surface area contributed by atoms with E-state index in [2.05, 4.69) is 15.8 Å². The molecule has 0 aliphatic carbocycles. The zero-order chi connectivity index (χ0) is 10.8. The summed E-state index contributed by atoms with van der Waals surface area (Å²) in [6, 6.07) is 7.11. The van der Waals surface area contributed by atoms with Crippen LogP contribution in [0.3, 0.4) is 0 Å². The summed E-state index contributed by atoms with van der Waals surface area (Å²) in [5.41, 5.74) is 1.80. The predicted octanol–water partition coefficient (Wildman–Crippen LogP) is 1.83. The molecule has 2 aromatic rings. The molecule has 0 bridgehead atoms. The monoisotopic (exact) mass is 200 g/mol. The van der Waals surface area contributed by atoms with Crippen LogP contribution in [0.5, 0.6) is 0 Å². The number of fused-ring (bicyclic) bond motifs is 1. The second-order valence-electron chi connectivity index (χ2n) is 3.07. The highest BCUT2D eigenvalue weighted by Gasteiger charge is 2.08. The van der Waals surface area contributed by atoms with Crippen LogP contribution in [0.4, 0.5) is 0 Å². The average Bonchev–Trinajstić information content (AvgIpc) is 2.69. The normalized spacial score (nSPS) is 9.87. The molecule has 0 radical (unpaired) electrons. The summed E-state index contributed by atoms with van der Waals surface area (Å²) in [7, 11) is 1.34. The van der Waals surface area contributed by atoms with Gasteiger partial charge in [0.15, 0.2) is 0 Å². The van der Waals surface area contributed by atoms with E-state index >= 15 is 0 Å². The van der Waals surface area contributed by atoms with E-state index in [4.69, 9.17) is 5.26 Å². The van der Waals surface area contributed by atoms with Crippen molar-refractivity contribution in [2.45, 2.75) is 0 Å². The van der Waals surface area contributed by atoms with Gasteiger partial charge in [-0.3, -0.25) is 0 Å². The van der Waals surface area contributed by atoms with E-state index in [9.17, 15) is 4.79 Å². The van der Waals surface area contributed by atoms with Crippen molar-refractivity contribution < 1.29 is 9.53 Å². The minimum Gasteiger partial charge on any atom is -0.465 e. The number of rotatable bonds is 1. The lowest BCUT2D eigenvalue weighted by molar-refractivity contribution is 0.0601. The first kappa shape index (κ1) is 9.28. The van der Waals surface area contributed by atoms with Gasteiger partial charge in [0.05, 0.1) is 18.2 Å². The molecule has 0 unspecified atom stereocenters. The summed E-state index contributed by atoms with van der Waals surface area (Å²) >= 11 is 0. The number of aromatic nitrogens is 1. The molecular weight excluding hydrogens is 192 g/mol. The molecule has 74 valence electrons. The zero-order valence-corrected chi connectivity index (χ0v) is 8.07. The van der Waals surface area contributed by atoms with E-state index in [-0.39, 0.29) is 5.97 Å². The predicted molar refractivity (Wildman–Crippen MR) is 54.4 cm³/mol. The molecule has 4 heteroatoms. The molecule has 0 saturated carbocycles.